The van der Waals surface area contributed by atoms with Crippen LogP contribution in [-0.4, -0.2) is 41.4 Å². The molecule has 4 aromatic rings. The molecule has 1 amide bonds. The maximum absolute atomic E-state index is 13.7. The SMILES string of the molecule is Cc1cccc(NNc2ncnc3c2CN(C(=O)c2ccc(N(C)C)c4ccccc24)CC3)c1. The van der Waals surface area contributed by atoms with Crippen molar-refractivity contribution in [1.82, 2.24) is 14.9 Å². The molecule has 0 saturated heterocycles. The van der Waals surface area contributed by atoms with Gasteiger partial charge in [-0.15, -0.1) is 0 Å². The molecule has 0 spiro atoms. The number of amides is 1. The number of aromatic nitrogens is 2. The number of benzene rings is 3. The molecule has 0 aliphatic carbocycles. The average molecular weight is 453 g/mol. The summed E-state index contributed by atoms with van der Waals surface area (Å²) in [6.07, 6.45) is 2.26. The van der Waals surface area contributed by atoms with Gasteiger partial charge in [0.2, 0.25) is 0 Å². The second-order valence-corrected chi connectivity index (χ2v) is 8.82. The molecular weight excluding hydrogens is 424 g/mol. The number of carbonyl (C=O) groups is 1. The quantitative estimate of drug-likeness (QED) is 0.430. The molecule has 5 rings (SSSR count). The molecule has 0 unspecified atom stereocenters. The van der Waals surface area contributed by atoms with Crippen LogP contribution in [0.1, 0.15) is 27.2 Å². The van der Waals surface area contributed by atoms with Crippen LogP contribution in [0.2, 0.25) is 0 Å². The maximum Gasteiger partial charge on any atom is 0.254 e. The van der Waals surface area contributed by atoms with E-state index in [9.17, 15) is 4.79 Å². The average Bonchev–Trinajstić information content (AvgIpc) is 2.86. The summed E-state index contributed by atoms with van der Waals surface area (Å²) in [5.41, 5.74) is 12.3. The molecule has 0 fully saturated rings. The fraction of sp³-hybridized carbons (Fsp3) is 0.222. The van der Waals surface area contributed by atoms with E-state index >= 15 is 0 Å². The molecule has 7 heteroatoms. The van der Waals surface area contributed by atoms with E-state index in [-0.39, 0.29) is 5.91 Å². The predicted molar refractivity (Wildman–Crippen MR) is 137 cm³/mol. The van der Waals surface area contributed by atoms with Gasteiger partial charge in [0.25, 0.3) is 5.91 Å². The number of rotatable bonds is 5. The van der Waals surface area contributed by atoms with E-state index < -0.39 is 0 Å². The van der Waals surface area contributed by atoms with Gasteiger partial charge in [-0.1, -0.05) is 36.4 Å². The van der Waals surface area contributed by atoms with Gasteiger partial charge in [-0.25, -0.2) is 9.97 Å². The van der Waals surface area contributed by atoms with Crippen molar-refractivity contribution in [2.75, 3.05) is 36.4 Å². The van der Waals surface area contributed by atoms with E-state index in [2.05, 4.69) is 50.8 Å². The fourth-order valence-electron chi connectivity index (χ4n) is 4.51. The molecule has 0 radical (unpaired) electrons. The van der Waals surface area contributed by atoms with Crippen LogP contribution in [0.5, 0.6) is 0 Å². The first-order chi connectivity index (χ1) is 16.5. The Balaban J connectivity index is 1.42. The van der Waals surface area contributed by atoms with Crippen LogP contribution in [0.25, 0.3) is 10.8 Å². The Morgan fingerprint density at radius 3 is 2.59 bits per heavy atom. The van der Waals surface area contributed by atoms with Gasteiger partial charge < -0.3 is 9.80 Å². The van der Waals surface area contributed by atoms with Gasteiger partial charge in [-0.05, 0) is 42.1 Å². The molecule has 2 heterocycles. The van der Waals surface area contributed by atoms with E-state index in [0.29, 0.717) is 30.9 Å². The summed E-state index contributed by atoms with van der Waals surface area (Å²) in [4.78, 5) is 26.6. The minimum absolute atomic E-state index is 0.0219. The highest BCUT2D eigenvalue weighted by Gasteiger charge is 2.26. The monoisotopic (exact) mass is 452 g/mol. The Bertz CT molecular complexity index is 1370. The van der Waals surface area contributed by atoms with Crippen molar-refractivity contribution in [3.05, 3.63) is 89.4 Å². The van der Waals surface area contributed by atoms with Crippen LogP contribution >= 0.6 is 0 Å². The standard InChI is InChI=1S/C27H28N6O/c1-18-7-6-8-19(15-18)30-31-26-23-16-33(14-13-24(23)28-17-29-26)27(34)22-11-12-25(32(2)3)21-10-5-4-9-20(21)22/h4-12,15,17,30H,13-14,16H2,1-3H3,(H,28,29,31). The Morgan fingerprint density at radius 1 is 0.971 bits per heavy atom. The van der Waals surface area contributed by atoms with E-state index in [4.69, 9.17) is 0 Å². The summed E-state index contributed by atoms with van der Waals surface area (Å²) in [5, 5.41) is 2.04. The molecule has 172 valence electrons. The van der Waals surface area contributed by atoms with Crippen molar-refractivity contribution in [1.29, 1.82) is 0 Å². The van der Waals surface area contributed by atoms with Gasteiger partial charge in [0.15, 0.2) is 5.82 Å². The number of anilines is 3. The summed E-state index contributed by atoms with van der Waals surface area (Å²) in [6, 6.07) is 20.1. The third-order valence-corrected chi connectivity index (χ3v) is 6.25. The minimum atomic E-state index is 0.0219. The van der Waals surface area contributed by atoms with Gasteiger partial charge in [0.05, 0.1) is 17.9 Å². The van der Waals surface area contributed by atoms with Gasteiger partial charge in [-0.2, -0.15) is 0 Å². The number of nitrogens with one attached hydrogen (secondary N) is 2. The summed E-state index contributed by atoms with van der Waals surface area (Å²) in [6.45, 7) is 3.13. The second kappa shape index (κ2) is 9.02. The molecule has 1 aliphatic heterocycles. The highest BCUT2D eigenvalue weighted by molar-refractivity contribution is 6.10. The summed E-state index contributed by atoms with van der Waals surface area (Å²) >= 11 is 0. The van der Waals surface area contributed by atoms with Gasteiger partial charge in [0.1, 0.15) is 6.33 Å². The lowest BCUT2D eigenvalue weighted by Gasteiger charge is -2.30. The zero-order chi connectivity index (χ0) is 23.7. The van der Waals surface area contributed by atoms with Crippen LogP contribution in [0, 0.1) is 6.92 Å². The molecule has 0 bridgehead atoms. The third-order valence-electron chi connectivity index (χ3n) is 6.25. The summed E-state index contributed by atoms with van der Waals surface area (Å²) in [7, 11) is 4.04. The Kier molecular flexibility index (Phi) is 5.76. The molecule has 7 nitrogen and oxygen atoms in total. The molecule has 1 aromatic heterocycles. The lowest BCUT2D eigenvalue weighted by Crippen LogP contribution is -2.37. The number of nitrogens with zero attached hydrogens (tertiary/aromatic N) is 4. The van der Waals surface area contributed by atoms with Crippen LogP contribution in [-0.2, 0) is 13.0 Å². The summed E-state index contributed by atoms with van der Waals surface area (Å²) in [5.74, 6) is 0.713. The topological polar surface area (TPSA) is 73.4 Å². The van der Waals surface area contributed by atoms with E-state index in [1.54, 1.807) is 6.33 Å². The number of hydrazine groups is 1. The Labute approximate surface area is 199 Å². The van der Waals surface area contributed by atoms with Gasteiger partial charge in [-0.3, -0.25) is 15.6 Å². The van der Waals surface area contributed by atoms with E-state index in [0.717, 1.165) is 33.4 Å². The van der Waals surface area contributed by atoms with Gasteiger partial charge in [0, 0.05) is 49.3 Å². The first-order valence-corrected chi connectivity index (χ1v) is 11.4. The van der Waals surface area contributed by atoms with Crippen molar-refractivity contribution in [3.8, 4) is 0 Å². The minimum Gasteiger partial charge on any atom is -0.377 e. The highest BCUT2D eigenvalue weighted by Crippen LogP contribution is 2.31. The molecule has 1 aliphatic rings. The molecule has 0 atom stereocenters. The van der Waals surface area contributed by atoms with Crippen molar-refractivity contribution in [3.63, 3.8) is 0 Å². The van der Waals surface area contributed by atoms with Crippen LogP contribution in [0.3, 0.4) is 0 Å². The maximum atomic E-state index is 13.7. The zero-order valence-corrected chi connectivity index (χ0v) is 19.7. The van der Waals surface area contributed by atoms with Crippen LogP contribution in [0.4, 0.5) is 17.2 Å². The Hall–Kier alpha value is -4.13. The van der Waals surface area contributed by atoms with Crippen LogP contribution < -0.4 is 15.8 Å². The molecule has 2 N–H and O–H groups in total. The first-order valence-electron chi connectivity index (χ1n) is 11.4. The Morgan fingerprint density at radius 2 is 1.79 bits per heavy atom. The lowest BCUT2D eigenvalue weighted by atomic mass is 9.99. The fourth-order valence-corrected chi connectivity index (χ4v) is 4.51. The van der Waals surface area contributed by atoms with Gasteiger partial charge >= 0.3 is 0 Å². The number of aryl methyl sites for hydroxylation is 1. The lowest BCUT2D eigenvalue weighted by molar-refractivity contribution is 0.0736. The van der Waals surface area contributed by atoms with Crippen molar-refractivity contribution >= 4 is 33.9 Å². The number of hydrogen-bond acceptors (Lipinski definition) is 6. The predicted octanol–water partition coefficient (Wildman–Crippen LogP) is 4.64. The number of hydrogen-bond donors (Lipinski definition) is 2. The zero-order valence-electron chi connectivity index (χ0n) is 19.7. The van der Waals surface area contributed by atoms with Crippen molar-refractivity contribution < 1.29 is 4.79 Å². The van der Waals surface area contributed by atoms with Crippen molar-refractivity contribution in [2.45, 2.75) is 19.9 Å². The van der Waals surface area contributed by atoms with Crippen molar-refractivity contribution in [2.24, 2.45) is 0 Å². The highest BCUT2D eigenvalue weighted by atomic mass is 16.2. The largest absolute Gasteiger partial charge is 0.377 e. The smallest absolute Gasteiger partial charge is 0.254 e. The third kappa shape index (κ3) is 4.12. The molecule has 34 heavy (non-hydrogen) atoms. The van der Waals surface area contributed by atoms with E-state index in [1.807, 2.05) is 61.5 Å². The second-order valence-electron chi connectivity index (χ2n) is 8.82. The molecule has 3 aromatic carbocycles. The summed E-state index contributed by atoms with van der Waals surface area (Å²) < 4.78 is 0. The van der Waals surface area contributed by atoms with Crippen LogP contribution in [0.15, 0.2) is 67.0 Å². The molecule has 0 saturated carbocycles. The normalized spacial score (nSPS) is 12.9. The number of fused-ring (bicyclic) bond motifs is 2. The number of carbonyl (C=O) groups excluding carboxylic acids is 1. The van der Waals surface area contributed by atoms with E-state index in [1.165, 1.54) is 5.56 Å². The first kappa shape index (κ1) is 21.7. The molecular formula is C27H28N6O.